The molecule has 4 aromatic carbocycles. The fourth-order valence-corrected chi connectivity index (χ4v) is 4.97. The maximum atomic E-state index is 4.70. The summed E-state index contributed by atoms with van der Waals surface area (Å²) in [5, 5.41) is 0. The molecule has 30 heavy (non-hydrogen) atoms. The number of aliphatic imine (C=N–C) groups is 2. The van der Waals surface area contributed by atoms with Crippen LogP contribution in [0.3, 0.4) is 0 Å². The van der Waals surface area contributed by atoms with Gasteiger partial charge in [-0.1, -0.05) is 107 Å². The summed E-state index contributed by atoms with van der Waals surface area (Å²) in [6.45, 7) is 0. The van der Waals surface area contributed by atoms with E-state index in [0.717, 1.165) is 32.3 Å². The van der Waals surface area contributed by atoms with E-state index in [-0.39, 0.29) is 0 Å². The highest BCUT2D eigenvalue weighted by Crippen LogP contribution is 2.44. The molecule has 0 saturated heterocycles. The quantitative estimate of drug-likeness (QED) is 0.222. The molecule has 0 atom stereocenters. The predicted octanol–water partition coefficient (Wildman–Crippen LogP) is 7.99. The van der Waals surface area contributed by atoms with Crippen molar-refractivity contribution in [3.05, 3.63) is 120 Å². The van der Waals surface area contributed by atoms with Gasteiger partial charge in [0, 0.05) is 22.2 Å². The van der Waals surface area contributed by atoms with E-state index >= 15 is 0 Å². The van der Waals surface area contributed by atoms with Crippen molar-refractivity contribution in [3.8, 4) is 0 Å². The molecule has 0 aliphatic carbocycles. The number of benzene rings is 4. The lowest BCUT2D eigenvalue weighted by atomic mass is 10.2. The number of hydrogen-bond donors (Lipinski definition) is 0. The highest BCUT2D eigenvalue weighted by atomic mass is 33.1. The topological polar surface area (TPSA) is 24.7 Å². The van der Waals surface area contributed by atoms with E-state index in [1.807, 2.05) is 85.2 Å². The van der Waals surface area contributed by atoms with Crippen molar-refractivity contribution in [1.29, 1.82) is 0 Å². The Hall–Kier alpha value is -3.08. The second-order valence-corrected chi connectivity index (χ2v) is 8.65. The zero-order valence-electron chi connectivity index (χ0n) is 16.3. The lowest BCUT2D eigenvalue weighted by Gasteiger charge is -2.07. The smallest absolute Gasteiger partial charge is 0.0774 e. The van der Waals surface area contributed by atoms with E-state index in [4.69, 9.17) is 9.98 Å². The van der Waals surface area contributed by atoms with Gasteiger partial charge in [-0.15, -0.1) is 0 Å². The van der Waals surface area contributed by atoms with Gasteiger partial charge in [-0.05, 0) is 35.4 Å². The minimum absolute atomic E-state index is 0.962. The van der Waals surface area contributed by atoms with Gasteiger partial charge < -0.3 is 0 Å². The third kappa shape index (κ3) is 5.72. The third-order valence-electron chi connectivity index (χ3n) is 4.26. The highest BCUT2D eigenvalue weighted by molar-refractivity contribution is 8.76. The first-order valence-electron chi connectivity index (χ1n) is 9.59. The fourth-order valence-electron chi connectivity index (χ4n) is 2.72. The monoisotopic (exact) mass is 424 g/mol. The largest absolute Gasteiger partial charge is 0.255 e. The van der Waals surface area contributed by atoms with E-state index in [9.17, 15) is 0 Å². The summed E-state index contributed by atoms with van der Waals surface area (Å²) in [5.74, 6) is 0. The van der Waals surface area contributed by atoms with E-state index in [1.54, 1.807) is 21.6 Å². The lowest BCUT2D eigenvalue weighted by Crippen LogP contribution is -1.80. The van der Waals surface area contributed by atoms with Crippen molar-refractivity contribution >= 4 is 45.4 Å². The van der Waals surface area contributed by atoms with Crippen molar-refractivity contribution in [2.45, 2.75) is 9.79 Å². The van der Waals surface area contributed by atoms with Crippen LogP contribution in [-0.4, -0.2) is 12.4 Å². The molecule has 0 aliphatic heterocycles. The molecule has 4 aromatic rings. The first kappa shape index (κ1) is 20.2. The van der Waals surface area contributed by atoms with Crippen LogP contribution >= 0.6 is 21.6 Å². The summed E-state index contributed by atoms with van der Waals surface area (Å²) < 4.78 is 0. The van der Waals surface area contributed by atoms with Crippen LogP contribution < -0.4 is 0 Å². The van der Waals surface area contributed by atoms with Crippen LogP contribution in [0.4, 0.5) is 11.4 Å². The zero-order chi connectivity index (χ0) is 20.4. The molecule has 0 aromatic heterocycles. The Bertz CT molecular complexity index is 1050. The van der Waals surface area contributed by atoms with Gasteiger partial charge in [-0.3, -0.25) is 9.98 Å². The molecule has 146 valence electrons. The van der Waals surface area contributed by atoms with Gasteiger partial charge in [0.2, 0.25) is 0 Å². The average Bonchev–Trinajstić information content (AvgIpc) is 2.82. The Morgan fingerprint density at radius 1 is 0.433 bits per heavy atom. The minimum atomic E-state index is 0.962. The Morgan fingerprint density at radius 3 is 1.23 bits per heavy atom. The second-order valence-electron chi connectivity index (χ2n) is 6.44. The summed E-state index contributed by atoms with van der Waals surface area (Å²) in [4.78, 5) is 11.6. The summed E-state index contributed by atoms with van der Waals surface area (Å²) in [6.07, 6.45) is 3.81. The van der Waals surface area contributed by atoms with Gasteiger partial charge in [-0.25, -0.2) is 0 Å². The summed E-state index contributed by atoms with van der Waals surface area (Å²) >= 11 is 0. The molecule has 0 radical (unpaired) electrons. The molecule has 4 heteroatoms. The Balaban J connectivity index is 1.49. The molecule has 0 fully saturated rings. The summed E-state index contributed by atoms with van der Waals surface area (Å²) in [6, 6.07) is 36.7. The van der Waals surface area contributed by atoms with E-state index in [1.165, 1.54) is 0 Å². The Kier molecular flexibility index (Phi) is 7.16. The molecule has 0 unspecified atom stereocenters. The molecule has 0 spiro atoms. The highest BCUT2D eigenvalue weighted by Gasteiger charge is 2.06. The minimum Gasteiger partial charge on any atom is -0.255 e. The number of para-hydroxylation sites is 2. The first-order valence-corrected chi connectivity index (χ1v) is 11.7. The predicted molar refractivity (Wildman–Crippen MR) is 132 cm³/mol. The molecule has 0 heterocycles. The van der Waals surface area contributed by atoms with E-state index in [0.29, 0.717) is 0 Å². The van der Waals surface area contributed by atoms with E-state index in [2.05, 4.69) is 36.4 Å². The van der Waals surface area contributed by atoms with Crippen molar-refractivity contribution in [1.82, 2.24) is 0 Å². The average molecular weight is 425 g/mol. The maximum absolute atomic E-state index is 4.70. The van der Waals surface area contributed by atoms with Crippen LogP contribution in [0.2, 0.25) is 0 Å². The van der Waals surface area contributed by atoms with Gasteiger partial charge >= 0.3 is 0 Å². The van der Waals surface area contributed by atoms with Crippen molar-refractivity contribution in [2.75, 3.05) is 0 Å². The van der Waals surface area contributed by atoms with Crippen molar-refractivity contribution in [2.24, 2.45) is 9.98 Å². The third-order valence-corrected chi connectivity index (χ3v) is 6.72. The molecule has 4 rings (SSSR count). The standard InChI is InChI=1S/C26H20N2S2/c1-3-11-21(12-4-1)19-27-23-15-7-9-17-25(23)29-30-26-18-10-8-16-24(26)28-20-22-13-5-2-6-14-22/h1-20H. The summed E-state index contributed by atoms with van der Waals surface area (Å²) in [5.41, 5.74) is 4.10. The Morgan fingerprint density at radius 2 is 0.800 bits per heavy atom. The van der Waals surface area contributed by atoms with Gasteiger partial charge in [0.25, 0.3) is 0 Å². The van der Waals surface area contributed by atoms with Gasteiger partial charge in [0.05, 0.1) is 11.4 Å². The first-order chi connectivity index (χ1) is 14.9. The molecular weight excluding hydrogens is 404 g/mol. The van der Waals surface area contributed by atoms with Crippen LogP contribution in [0.25, 0.3) is 0 Å². The lowest BCUT2D eigenvalue weighted by molar-refractivity contribution is 1.38. The number of rotatable bonds is 7. The molecule has 0 amide bonds. The molecule has 0 aliphatic rings. The second kappa shape index (κ2) is 10.6. The molecule has 0 bridgehead atoms. The van der Waals surface area contributed by atoms with Gasteiger partial charge in [0.1, 0.15) is 0 Å². The summed E-state index contributed by atoms with van der Waals surface area (Å²) in [7, 11) is 3.40. The maximum Gasteiger partial charge on any atom is 0.0774 e. The fraction of sp³-hybridized carbons (Fsp3) is 0. The van der Waals surface area contributed by atoms with Crippen LogP contribution in [-0.2, 0) is 0 Å². The van der Waals surface area contributed by atoms with Gasteiger partial charge in [-0.2, -0.15) is 0 Å². The van der Waals surface area contributed by atoms with Crippen molar-refractivity contribution < 1.29 is 0 Å². The molecule has 0 N–H and O–H groups in total. The van der Waals surface area contributed by atoms with Crippen LogP contribution in [0.1, 0.15) is 11.1 Å². The van der Waals surface area contributed by atoms with Crippen LogP contribution in [0, 0.1) is 0 Å². The van der Waals surface area contributed by atoms with Gasteiger partial charge in [0.15, 0.2) is 0 Å². The normalized spacial score (nSPS) is 11.3. The van der Waals surface area contributed by atoms with E-state index < -0.39 is 0 Å². The zero-order valence-corrected chi connectivity index (χ0v) is 17.9. The van der Waals surface area contributed by atoms with Crippen LogP contribution in [0.5, 0.6) is 0 Å². The number of nitrogens with zero attached hydrogens (tertiary/aromatic N) is 2. The van der Waals surface area contributed by atoms with Crippen LogP contribution in [0.15, 0.2) is 129 Å². The SMILES string of the molecule is C(=Nc1ccccc1SSc1ccccc1N=Cc1ccccc1)c1ccccc1. The molecular formula is C26H20N2S2. The number of hydrogen-bond acceptors (Lipinski definition) is 4. The molecule has 2 nitrogen and oxygen atoms in total. The van der Waals surface area contributed by atoms with Crippen molar-refractivity contribution in [3.63, 3.8) is 0 Å². The Labute approximate surface area is 185 Å². The molecule has 0 saturated carbocycles.